The number of fused-ring (bicyclic) bond motifs is 1. The molecule has 0 atom stereocenters. The molecule has 2 aromatic rings. The highest BCUT2D eigenvalue weighted by Crippen LogP contribution is 2.33. The number of likely N-dealkylation sites (N-methyl/N-ethyl adjacent to an activating group) is 1. The highest BCUT2D eigenvalue weighted by molar-refractivity contribution is 7.89. The average molecular weight is 406 g/mol. The number of nitrogens with zero attached hydrogens (tertiary/aromatic N) is 1. The summed E-state index contributed by atoms with van der Waals surface area (Å²) in [5.41, 5.74) is 1.42. The number of aryl methyl sites for hydroxylation is 1. The van der Waals surface area contributed by atoms with E-state index in [4.69, 9.17) is 14.2 Å². The third-order valence-electron chi connectivity index (χ3n) is 4.22. The van der Waals surface area contributed by atoms with Crippen LogP contribution in [0.2, 0.25) is 0 Å². The number of anilines is 1. The summed E-state index contributed by atoms with van der Waals surface area (Å²) in [6.45, 7) is 2.30. The number of nitrogens with one attached hydrogen (secondary N) is 1. The van der Waals surface area contributed by atoms with Gasteiger partial charge in [0.25, 0.3) is 0 Å². The van der Waals surface area contributed by atoms with Gasteiger partial charge in [0.05, 0.1) is 24.2 Å². The Morgan fingerprint density at radius 1 is 1.14 bits per heavy atom. The Kier molecular flexibility index (Phi) is 5.76. The topological polar surface area (TPSA) is 94.2 Å². The summed E-state index contributed by atoms with van der Waals surface area (Å²) in [4.78, 5) is 12.4. The molecule has 1 N–H and O–H groups in total. The zero-order chi connectivity index (χ0) is 20.3. The van der Waals surface area contributed by atoms with Crippen LogP contribution in [0.1, 0.15) is 5.56 Å². The molecule has 2 aromatic carbocycles. The molecule has 0 saturated carbocycles. The van der Waals surface area contributed by atoms with E-state index in [2.05, 4.69) is 5.32 Å². The predicted molar refractivity (Wildman–Crippen MR) is 104 cm³/mol. The molecule has 28 heavy (non-hydrogen) atoms. The summed E-state index contributed by atoms with van der Waals surface area (Å²) < 4.78 is 42.7. The fraction of sp³-hybridized carbons (Fsp3) is 0.316. The van der Waals surface area contributed by atoms with Crippen LogP contribution in [0.15, 0.2) is 41.3 Å². The third-order valence-corrected chi connectivity index (χ3v) is 6.02. The fourth-order valence-electron chi connectivity index (χ4n) is 2.76. The van der Waals surface area contributed by atoms with Crippen molar-refractivity contribution in [2.45, 2.75) is 11.8 Å². The molecule has 9 heteroatoms. The van der Waals surface area contributed by atoms with Crippen LogP contribution in [0.3, 0.4) is 0 Å². The molecule has 150 valence electrons. The first-order valence-electron chi connectivity index (χ1n) is 8.62. The number of methoxy groups -OCH3 is 1. The molecule has 0 bridgehead atoms. The Morgan fingerprint density at radius 3 is 2.57 bits per heavy atom. The monoisotopic (exact) mass is 406 g/mol. The second kappa shape index (κ2) is 8.07. The van der Waals surface area contributed by atoms with E-state index in [-0.39, 0.29) is 11.4 Å². The van der Waals surface area contributed by atoms with Crippen molar-refractivity contribution in [3.8, 4) is 17.2 Å². The molecule has 0 fully saturated rings. The van der Waals surface area contributed by atoms with Crippen molar-refractivity contribution in [2.24, 2.45) is 0 Å². The van der Waals surface area contributed by atoms with Crippen LogP contribution in [-0.2, 0) is 14.8 Å². The summed E-state index contributed by atoms with van der Waals surface area (Å²) in [7, 11) is -1.03. The molecule has 1 amide bonds. The molecule has 1 aliphatic heterocycles. The summed E-state index contributed by atoms with van der Waals surface area (Å²) in [5.74, 6) is 0.885. The molecule has 8 nitrogen and oxygen atoms in total. The number of rotatable bonds is 6. The largest absolute Gasteiger partial charge is 0.495 e. The summed E-state index contributed by atoms with van der Waals surface area (Å²) in [6, 6.07) is 9.73. The smallest absolute Gasteiger partial charge is 0.243 e. The van der Waals surface area contributed by atoms with Crippen molar-refractivity contribution < 1.29 is 27.4 Å². The maximum Gasteiger partial charge on any atom is 0.243 e. The van der Waals surface area contributed by atoms with Crippen molar-refractivity contribution >= 4 is 21.6 Å². The lowest BCUT2D eigenvalue weighted by atomic mass is 10.2. The molecule has 0 aliphatic carbocycles. The molecule has 0 unspecified atom stereocenters. The van der Waals surface area contributed by atoms with E-state index >= 15 is 0 Å². The predicted octanol–water partition coefficient (Wildman–Crippen LogP) is 2.03. The van der Waals surface area contributed by atoms with E-state index in [0.29, 0.717) is 36.1 Å². The van der Waals surface area contributed by atoms with E-state index in [1.807, 2.05) is 13.0 Å². The van der Waals surface area contributed by atoms with Crippen LogP contribution in [0, 0.1) is 6.92 Å². The van der Waals surface area contributed by atoms with Gasteiger partial charge in [-0.2, -0.15) is 4.31 Å². The van der Waals surface area contributed by atoms with Crippen molar-refractivity contribution in [2.75, 3.05) is 39.2 Å². The van der Waals surface area contributed by atoms with Crippen LogP contribution < -0.4 is 19.5 Å². The number of carbonyl (C=O) groups is 1. The number of sulfonamides is 1. The van der Waals surface area contributed by atoms with Gasteiger partial charge in [-0.05, 0) is 36.8 Å². The summed E-state index contributed by atoms with van der Waals surface area (Å²) in [5, 5.41) is 2.69. The van der Waals surface area contributed by atoms with Gasteiger partial charge in [0.1, 0.15) is 19.0 Å². The molecule has 0 radical (unpaired) electrons. The highest BCUT2D eigenvalue weighted by atomic mass is 32.2. The molecule has 0 spiro atoms. The highest BCUT2D eigenvalue weighted by Gasteiger charge is 2.25. The minimum absolute atomic E-state index is 0.0280. The number of benzene rings is 2. The first kappa shape index (κ1) is 20.0. The van der Waals surface area contributed by atoms with Crippen LogP contribution in [-0.4, -0.2) is 52.5 Å². The molecule has 0 saturated heterocycles. The van der Waals surface area contributed by atoms with Gasteiger partial charge < -0.3 is 19.5 Å². The van der Waals surface area contributed by atoms with Gasteiger partial charge in [-0.3, -0.25) is 4.79 Å². The van der Waals surface area contributed by atoms with Crippen LogP contribution in [0.5, 0.6) is 17.2 Å². The van der Waals surface area contributed by atoms with Crippen molar-refractivity contribution in [1.29, 1.82) is 0 Å². The number of hydrogen-bond acceptors (Lipinski definition) is 6. The number of amides is 1. The van der Waals surface area contributed by atoms with Gasteiger partial charge >= 0.3 is 0 Å². The molecule has 1 aliphatic rings. The van der Waals surface area contributed by atoms with Crippen LogP contribution in [0.25, 0.3) is 0 Å². The van der Waals surface area contributed by atoms with Crippen molar-refractivity contribution in [3.05, 3.63) is 42.0 Å². The molecule has 1 heterocycles. The number of hydrogen-bond donors (Lipinski definition) is 1. The Hall–Kier alpha value is -2.78. The number of ether oxygens (including phenoxy) is 3. The normalized spacial score (nSPS) is 13.3. The SMILES string of the molecule is COc1ccc(C)cc1NC(=O)CN(C)S(=O)(=O)c1ccc2c(c1)OCCO2. The first-order valence-corrected chi connectivity index (χ1v) is 10.1. The van der Waals surface area contributed by atoms with Gasteiger partial charge in [-0.15, -0.1) is 0 Å². The second-order valence-corrected chi connectivity index (χ2v) is 8.36. The average Bonchev–Trinajstić information content (AvgIpc) is 2.67. The fourth-order valence-corrected chi connectivity index (χ4v) is 3.90. The van der Waals surface area contributed by atoms with E-state index in [1.54, 1.807) is 18.2 Å². The number of carbonyl (C=O) groups excluding carboxylic acids is 1. The van der Waals surface area contributed by atoms with E-state index in [0.717, 1.165) is 9.87 Å². The van der Waals surface area contributed by atoms with Crippen molar-refractivity contribution in [1.82, 2.24) is 4.31 Å². The van der Waals surface area contributed by atoms with Crippen LogP contribution in [0.4, 0.5) is 5.69 Å². The summed E-state index contributed by atoms with van der Waals surface area (Å²) >= 11 is 0. The minimum Gasteiger partial charge on any atom is -0.495 e. The Labute approximate surface area is 164 Å². The van der Waals surface area contributed by atoms with Gasteiger partial charge in [-0.25, -0.2) is 8.42 Å². The molecule has 3 rings (SSSR count). The third kappa shape index (κ3) is 4.20. The molecule has 0 aromatic heterocycles. The van der Waals surface area contributed by atoms with Gasteiger partial charge in [0, 0.05) is 13.1 Å². The van der Waals surface area contributed by atoms with E-state index in [9.17, 15) is 13.2 Å². The van der Waals surface area contributed by atoms with Crippen LogP contribution >= 0.6 is 0 Å². The van der Waals surface area contributed by atoms with Gasteiger partial charge in [-0.1, -0.05) is 6.07 Å². The maximum absolute atomic E-state index is 12.8. The van der Waals surface area contributed by atoms with E-state index in [1.165, 1.54) is 26.3 Å². The lowest BCUT2D eigenvalue weighted by molar-refractivity contribution is -0.116. The standard InChI is InChI=1S/C19H22N2O6S/c1-13-4-6-16(25-3)15(10-13)20-19(22)12-21(2)28(23,24)14-5-7-17-18(11-14)27-9-8-26-17/h4-7,10-11H,8-9,12H2,1-3H3,(H,20,22). The molecular formula is C19H22N2O6S. The second-order valence-electron chi connectivity index (χ2n) is 6.32. The Morgan fingerprint density at radius 2 is 1.86 bits per heavy atom. The maximum atomic E-state index is 12.8. The Bertz CT molecular complexity index is 990. The minimum atomic E-state index is -3.88. The lowest BCUT2D eigenvalue weighted by Gasteiger charge is -2.21. The van der Waals surface area contributed by atoms with Crippen molar-refractivity contribution in [3.63, 3.8) is 0 Å². The quantitative estimate of drug-likeness (QED) is 0.789. The van der Waals surface area contributed by atoms with Gasteiger partial charge in [0.15, 0.2) is 11.5 Å². The Balaban J connectivity index is 1.74. The van der Waals surface area contributed by atoms with E-state index < -0.39 is 15.9 Å². The molecular weight excluding hydrogens is 384 g/mol. The first-order chi connectivity index (χ1) is 13.3. The zero-order valence-corrected chi connectivity index (χ0v) is 16.7. The van der Waals surface area contributed by atoms with Gasteiger partial charge in [0.2, 0.25) is 15.9 Å². The summed E-state index contributed by atoms with van der Waals surface area (Å²) in [6.07, 6.45) is 0. The lowest BCUT2D eigenvalue weighted by Crippen LogP contribution is -2.35. The zero-order valence-electron chi connectivity index (χ0n) is 15.9.